The molecule has 1 aliphatic rings. The summed E-state index contributed by atoms with van der Waals surface area (Å²) in [5.74, 6) is 0.446. The van der Waals surface area contributed by atoms with Gasteiger partial charge in [0, 0.05) is 0 Å². The van der Waals surface area contributed by atoms with E-state index in [2.05, 4.69) is 20.8 Å². The SMILES string of the molecule is [B]C(C)(CC(C)(C)C1CCC(C([B])(C)CC(C)(C)OC(=O)C(C)C)CC1)C(=O)CN. The van der Waals surface area contributed by atoms with Gasteiger partial charge in [0.05, 0.1) is 28.2 Å². The van der Waals surface area contributed by atoms with Crippen molar-refractivity contribution < 1.29 is 14.3 Å². The number of ketones is 1. The van der Waals surface area contributed by atoms with Crippen molar-refractivity contribution in [3.8, 4) is 0 Å². The highest BCUT2D eigenvalue weighted by molar-refractivity contribution is 6.28. The molecule has 2 N–H and O–H groups in total. The number of hydrogen-bond donors (Lipinski definition) is 1. The third kappa shape index (κ3) is 7.43. The molecule has 0 aliphatic heterocycles. The maximum Gasteiger partial charge on any atom is 0.308 e. The summed E-state index contributed by atoms with van der Waals surface area (Å²) in [5, 5.41) is -1.30. The fraction of sp³-hybridized carbons (Fsp3) is 0.917. The highest BCUT2D eigenvalue weighted by Crippen LogP contribution is 2.53. The molecule has 6 heteroatoms. The number of Topliss-reactive ketones (excluding diaryl/α,β-unsaturated/α-hetero) is 1. The van der Waals surface area contributed by atoms with Gasteiger partial charge in [0.15, 0.2) is 0 Å². The van der Waals surface area contributed by atoms with Crippen LogP contribution in [0.5, 0.6) is 0 Å². The maximum absolute atomic E-state index is 12.1. The molecule has 168 valence electrons. The number of carbonyl (C=O) groups excluding carboxylic acids is 2. The Hall–Kier alpha value is -0.770. The number of esters is 1. The van der Waals surface area contributed by atoms with Crippen LogP contribution in [0.25, 0.3) is 0 Å². The Labute approximate surface area is 187 Å². The van der Waals surface area contributed by atoms with Crippen molar-refractivity contribution in [2.45, 2.75) is 110 Å². The molecular weight excluding hydrogens is 372 g/mol. The van der Waals surface area contributed by atoms with Crippen molar-refractivity contribution in [3.05, 3.63) is 0 Å². The average molecular weight is 415 g/mol. The molecule has 0 spiro atoms. The van der Waals surface area contributed by atoms with Gasteiger partial charge < -0.3 is 10.5 Å². The Kier molecular flexibility index (Phi) is 8.90. The number of rotatable bonds is 10. The van der Waals surface area contributed by atoms with Crippen molar-refractivity contribution in [3.63, 3.8) is 0 Å². The van der Waals surface area contributed by atoms with Crippen LogP contribution in [0.4, 0.5) is 0 Å². The molecular formula is C24H43B2NO3. The van der Waals surface area contributed by atoms with E-state index >= 15 is 0 Å². The molecule has 0 heterocycles. The number of nitrogens with two attached hydrogens (primary N) is 1. The van der Waals surface area contributed by atoms with Crippen molar-refractivity contribution >= 4 is 27.4 Å². The second-order valence-electron chi connectivity index (χ2n) is 11.8. The molecule has 4 nitrogen and oxygen atoms in total. The standard InChI is InChI=1S/C24H43B2NO3/c1-16(2)20(29)30-22(5,6)15-23(7,25)18-11-9-17(10-12-18)21(3,4)14-24(8,26)19(28)13-27/h16-18H,9-15,27H2,1-8H3. The van der Waals surface area contributed by atoms with Gasteiger partial charge in [-0.1, -0.05) is 59.7 Å². The van der Waals surface area contributed by atoms with E-state index in [4.69, 9.17) is 26.2 Å². The van der Waals surface area contributed by atoms with Gasteiger partial charge in [0.1, 0.15) is 11.4 Å². The second kappa shape index (κ2) is 9.79. The Balaban J connectivity index is 2.73. The van der Waals surface area contributed by atoms with Gasteiger partial charge >= 0.3 is 5.97 Å². The van der Waals surface area contributed by atoms with E-state index in [0.717, 1.165) is 25.7 Å². The monoisotopic (exact) mass is 415 g/mol. The van der Waals surface area contributed by atoms with E-state index in [1.807, 2.05) is 27.7 Å². The minimum atomic E-state index is -0.887. The minimum absolute atomic E-state index is 0.0154. The van der Waals surface area contributed by atoms with E-state index in [1.165, 1.54) is 0 Å². The normalized spacial score (nSPS) is 24.7. The lowest BCUT2D eigenvalue weighted by molar-refractivity contribution is -0.162. The molecule has 0 bridgehead atoms. The van der Waals surface area contributed by atoms with Gasteiger partial charge in [-0.2, -0.15) is 0 Å². The van der Waals surface area contributed by atoms with Crippen LogP contribution in [0.2, 0.25) is 10.6 Å². The highest BCUT2D eigenvalue weighted by Gasteiger charge is 2.43. The first kappa shape index (κ1) is 27.3. The van der Waals surface area contributed by atoms with Gasteiger partial charge in [-0.15, -0.1) is 0 Å². The first-order chi connectivity index (χ1) is 13.4. The molecule has 1 saturated carbocycles. The van der Waals surface area contributed by atoms with Crippen LogP contribution in [0.1, 0.15) is 93.9 Å². The molecule has 1 aliphatic carbocycles. The van der Waals surface area contributed by atoms with Gasteiger partial charge in [-0.05, 0) is 62.1 Å². The third-order valence-electron chi connectivity index (χ3n) is 7.07. The van der Waals surface area contributed by atoms with Crippen molar-refractivity contribution in [1.82, 2.24) is 0 Å². The van der Waals surface area contributed by atoms with E-state index in [9.17, 15) is 9.59 Å². The topological polar surface area (TPSA) is 69.4 Å². The van der Waals surface area contributed by atoms with E-state index in [1.54, 1.807) is 6.92 Å². The van der Waals surface area contributed by atoms with Gasteiger partial charge in [0.2, 0.25) is 0 Å². The predicted octanol–water partition coefficient (Wildman–Crippen LogP) is 4.80. The van der Waals surface area contributed by atoms with Crippen LogP contribution in [0.3, 0.4) is 0 Å². The molecule has 4 radical (unpaired) electrons. The zero-order valence-corrected chi connectivity index (χ0v) is 20.6. The molecule has 0 aromatic carbocycles. The average Bonchev–Trinajstić information content (AvgIpc) is 2.58. The third-order valence-corrected chi connectivity index (χ3v) is 7.07. The Morgan fingerprint density at radius 1 is 0.933 bits per heavy atom. The van der Waals surface area contributed by atoms with Crippen molar-refractivity contribution in [2.24, 2.45) is 28.9 Å². The van der Waals surface area contributed by atoms with Crippen LogP contribution in [0, 0.1) is 23.2 Å². The zero-order valence-electron chi connectivity index (χ0n) is 20.6. The van der Waals surface area contributed by atoms with E-state index in [-0.39, 0.29) is 29.6 Å². The molecule has 2 atom stereocenters. The van der Waals surface area contributed by atoms with Crippen molar-refractivity contribution in [2.75, 3.05) is 6.54 Å². The molecule has 1 fully saturated rings. The van der Waals surface area contributed by atoms with Gasteiger partial charge in [0.25, 0.3) is 0 Å². The number of carbonyl (C=O) groups is 2. The smallest absolute Gasteiger partial charge is 0.308 e. The Morgan fingerprint density at radius 2 is 1.40 bits per heavy atom. The lowest BCUT2D eigenvalue weighted by Gasteiger charge is -2.47. The van der Waals surface area contributed by atoms with Gasteiger partial charge in [-0.3, -0.25) is 9.59 Å². The molecule has 0 amide bonds. The highest BCUT2D eigenvalue weighted by atomic mass is 16.6. The van der Waals surface area contributed by atoms with Gasteiger partial charge in [-0.25, -0.2) is 0 Å². The van der Waals surface area contributed by atoms with Crippen LogP contribution >= 0.6 is 0 Å². The lowest BCUT2D eigenvalue weighted by Crippen LogP contribution is -2.40. The molecule has 1 rings (SSSR count). The summed E-state index contributed by atoms with van der Waals surface area (Å²) in [5.41, 5.74) is 4.91. The van der Waals surface area contributed by atoms with E-state index in [0.29, 0.717) is 24.7 Å². The molecule has 30 heavy (non-hydrogen) atoms. The van der Waals surface area contributed by atoms with Crippen molar-refractivity contribution in [1.29, 1.82) is 0 Å². The largest absolute Gasteiger partial charge is 0.459 e. The lowest BCUT2D eigenvalue weighted by atomic mass is 9.51. The minimum Gasteiger partial charge on any atom is -0.459 e. The molecule has 0 aromatic rings. The maximum atomic E-state index is 12.1. The summed E-state index contributed by atoms with van der Waals surface area (Å²) in [4.78, 5) is 24.2. The molecule has 0 saturated heterocycles. The van der Waals surface area contributed by atoms with Crippen LogP contribution in [0.15, 0.2) is 0 Å². The Morgan fingerprint density at radius 3 is 1.83 bits per heavy atom. The second-order valence-corrected chi connectivity index (χ2v) is 11.8. The summed E-state index contributed by atoms with van der Waals surface area (Å²) in [6, 6.07) is 0. The Bertz CT molecular complexity index is 604. The van der Waals surface area contributed by atoms with Crippen LogP contribution < -0.4 is 5.73 Å². The first-order valence-corrected chi connectivity index (χ1v) is 11.5. The van der Waals surface area contributed by atoms with Crippen LogP contribution in [-0.2, 0) is 14.3 Å². The molecule has 2 unspecified atom stereocenters. The number of hydrogen-bond acceptors (Lipinski definition) is 4. The summed E-state index contributed by atoms with van der Waals surface area (Å²) in [7, 11) is 13.1. The van der Waals surface area contributed by atoms with Crippen LogP contribution in [-0.4, -0.2) is 39.6 Å². The first-order valence-electron chi connectivity index (χ1n) is 11.5. The summed E-state index contributed by atoms with van der Waals surface area (Å²) < 4.78 is 5.71. The fourth-order valence-electron chi connectivity index (χ4n) is 5.44. The molecule has 0 aromatic heterocycles. The van der Waals surface area contributed by atoms with E-state index < -0.39 is 16.2 Å². The number of ether oxygens (including phenoxy) is 1. The quantitative estimate of drug-likeness (QED) is 0.411. The predicted molar refractivity (Wildman–Crippen MR) is 126 cm³/mol. The summed E-state index contributed by atoms with van der Waals surface area (Å²) >= 11 is 0. The zero-order chi connectivity index (χ0) is 23.5. The fourth-order valence-corrected chi connectivity index (χ4v) is 5.44. The summed E-state index contributed by atoms with van der Waals surface area (Å²) in [6.45, 7) is 15.9. The summed E-state index contributed by atoms with van der Waals surface area (Å²) in [6.07, 6.45) is 5.43.